The summed E-state index contributed by atoms with van der Waals surface area (Å²) in [5.74, 6) is -1.74. The predicted octanol–water partition coefficient (Wildman–Crippen LogP) is 5.82. The third-order valence-electron chi connectivity index (χ3n) is 4.74. The third-order valence-corrected chi connectivity index (χ3v) is 4.74. The van der Waals surface area contributed by atoms with E-state index < -0.39 is 11.6 Å². The van der Waals surface area contributed by atoms with Crippen molar-refractivity contribution in [2.45, 2.75) is 0 Å². The van der Waals surface area contributed by atoms with E-state index in [2.05, 4.69) is 4.99 Å². The molecule has 1 heterocycles. The van der Waals surface area contributed by atoms with Crippen LogP contribution < -0.4 is 0 Å². The number of benzene rings is 3. The molecule has 156 valence electrons. The number of nitrogens with zero attached hydrogens (tertiary/aromatic N) is 1. The highest BCUT2D eigenvalue weighted by atomic mass is 16.3. The van der Waals surface area contributed by atoms with Crippen molar-refractivity contribution in [1.82, 2.24) is 0 Å². The molecule has 0 radical (unpaired) electrons. The Hall–Kier alpha value is -4.51. The molecule has 5 nitrogen and oxygen atoms in total. The van der Waals surface area contributed by atoms with Gasteiger partial charge in [-0.05, 0) is 24.3 Å². The van der Waals surface area contributed by atoms with E-state index >= 15 is 0 Å². The molecule has 0 aliphatic carbocycles. The molecule has 0 saturated heterocycles. The Morgan fingerprint density at radius 3 is 1.81 bits per heavy atom. The lowest BCUT2D eigenvalue weighted by Gasteiger charge is -2.12. The normalized spacial score (nSPS) is 12.2. The summed E-state index contributed by atoms with van der Waals surface area (Å²) in [6.07, 6.45) is 1.44. The Morgan fingerprint density at radius 2 is 1.25 bits per heavy atom. The molecule has 1 N–H and O–H groups in total. The fourth-order valence-corrected chi connectivity index (χ4v) is 3.18. The number of hydrogen-bond acceptors (Lipinski definition) is 5. The van der Waals surface area contributed by atoms with Crippen molar-refractivity contribution in [3.8, 4) is 0 Å². The molecule has 0 bridgehead atoms. The molecular formula is C27H19NO4. The highest BCUT2D eigenvalue weighted by molar-refractivity contribution is 6.56. The Labute approximate surface area is 185 Å². The van der Waals surface area contributed by atoms with Crippen LogP contribution in [-0.4, -0.2) is 22.4 Å². The molecule has 0 amide bonds. The zero-order valence-electron chi connectivity index (χ0n) is 17.0. The number of Topliss-reactive ketones (excluding diaryl/α,β-unsaturated/α-hetero) is 2. The number of furan rings is 1. The third kappa shape index (κ3) is 4.47. The Balaban J connectivity index is 1.94. The van der Waals surface area contributed by atoms with E-state index in [1.54, 1.807) is 97.1 Å². The number of carbonyl (C=O) groups is 2. The standard InChI is InChI=1S/C27H19NO4/c29-25(19-11-4-1-5-12-19)23(27(31)26(30)20-13-6-2-7-14-20)24(22-17-10-18-32-22)28-21-15-8-3-9-16-21/h1-18,29H. The minimum Gasteiger partial charge on any atom is -0.506 e. The molecule has 3 aromatic carbocycles. The summed E-state index contributed by atoms with van der Waals surface area (Å²) < 4.78 is 5.53. The van der Waals surface area contributed by atoms with Crippen molar-refractivity contribution in [1.29, 1.82) is 0 Å². The topological polar surface area (TPSA) is 79.9 Å². The van der Waals surface area contributed by atoms with E-state index in [1.807, 2.05) is 6.07 Å². The van der Waals surface area contributed by atoms with Gasteiger partial charge in [-0.15, -0.1) is 0 Å². The average Bonchev–Trinajstić information content (AvgIpc) is 3.39. The number of rotatable bonds is 7. The molecule has 4 rings (SSSR count). The second-order valence-electron chi connectivity index (χ2n) is 6.89. The van der Waals surface area contributed by atoms with Crippen LogP contribution in [0.4, 0.5) is 5.69 Å². The van der Waals surface area contributed by atoms with Gasteiger partial charge in [-0.2, -0.15) is 0 Å². The fourth-order valence-electron chi connectivity index (χ4n) is 3.18. The predicted molar refractivity (Wildman–Crippen MR) is 123 cm³/mol. The number of hydrogen-bond donors (Lipinski definition) is 1. The van der Waals surface area contributed by atoms with Crippen LogP contribution in [0.2, 0.25) is 0 Å². The smallest absolute Gasteiger partial charge is 0.239 e. The van der Waals surface area contributed by atoms with Crippen LogP contribution in [0.15, 0.2) is 124 Å². The van der Waals surface area contributed by atoms with Crippen LogP contribution in [0.5, 0.6) is 0 Å². The number of carbonyl (C=O) groups excluding carboxylic acids is 2. The van der Waals surface area contributed by atoms with Crippen molar-refractivity contribution in [3.63, 3.8) is 0 Å². The summed E-state index contributed by atoms with van der Waals surface area (Å²) in [7, 11) is 0. The van der Waals surface area contributed by atoms with E-state index in [0.717, 1.165) is 0 Å². The summed E-state index contributed by atoms with van der Waals surface area (Å²) in [6.45, 7) is 0. The van der Waals surface area contributed by atoms with Gasteiger partial charge in [-0.25, -0.2) is 4.99 Å². The summed E-state index contributed by atoms with van der Waals surface area (Å²) in [5.41, 5.74) is 0.969. The average molecular weight is 421 g/mol. The molecule has 0 spiro atoms. The summed E-state index contributed by atoms with van der Waals surface area (Å²) in [6, 6.07) is 29.0. The molecule has 0 fully saturated rings. The molecule has 0 aliphatic rings. The molecule has 32 heavy (non-hydrogen) atoms. The first kappa shape index (κ1) is 20.8. The summed E-state index contributed by atoms with van der Waals surface area (Å²) in [4.78, 5) is 31.1. The lowest BCUT2D eigenvalue weighted by Crippen LogP contribution is -2.24. The van der Waals surface area contributed by atoms with Crippen LogP contribution >= 0.6 is 0 Å². The van der Waals surface area contributed by atoms with Gasteiger partial charge in [0.15, 0.2) is 5.76 Å². The minimum atomic E-state index is -0.886. The van der Waals surface area contributed by atoms with Crippen LogP contribution in [0, 0.1) is 0 Å². The first-order chi connectivity index (χ1) is 15.6. The maximum atomic E-state index is 13.5. The number of para-hydroxylation sites is 1. The fraction of sp³-hybridized carbons (Fsp3) is 0. The molecule has 5 heteroatoms. The molecule has 0 atom stereocenters. The van der Waals surface area contributed by atoms with Crippen molar-refractivity contribution in [3.05, 3.63) is 132 Å². The Kier molecular flexibility index (Phi) is 6.18. The van der Waals surface area contributed by atoms with Crippen LogP contribution in [0.25, 0.3) is 5.76 Å². The second kappa shape index (κ2) is 9.53. The van der Waals surface area contributed by atoms with Crippen molar-refractivity contribution >= 4 is 28.7 Å². The largest absolute Gasteiger partial charge is 0.506 e. The monoisotopic (exact) mass is 421 g/mol. The lowest BCUT2D eigenvalue weighted by molar-refractivity contribution is -0.111. The highest BCUT2D eigenvalue weighted by Crippen LogP contribution is 2.25. The molecule has 1 aromatic heterocycles. The molecular weight excluding hydrogens is 402 g/mol. The van der Waals surface area contributed by atoms with Crippen molar-refractivity contribution in [2.24, 2.45) is 4.99 Å². The van der Waals surface area contributed by atoms with Gasteiger partial charge in [0.25, 0.3) is 0 Å². The zero-order chi connectivity index (χ0) is 22.3. The lowest BCUT2D eigenvalue weighted by atomic mass is 9.93. The van der Waals surface area contributed by atoms with Crippen LogP contribution in [-0.2, 0) is 4.79 Å². The maximum Gasteiger partial charge on any atom is 0.239 e. The van der Waals surface area contributed by atoms with E-state index in [4.69, 9.17) is 4.42 Å². The van der Waals surface area contributed by atoms with E-state index in [1.165, 1.54) is 6.26 Å². The van der Waals surface area contributed by atoms with Crippen molar-refractivity contribution in [2.75, 3.05) is 0 Å². The number of allylic oxidation sites excluding steroid dienone is 1. The van der Waals surface area contributed by atoms with Gasteiger partial charge in [0, 0.05) is 11.1 Å². The number of aliphatic hydroxyl groups excluding tert-OH is 1. The highest BCUT2D eigenvalue weighted by Gasteiger charge is 2.30. The first-order valence-corrected chi connectivity index (χ1v) is 9.96. The summed E-state index contributed by atoms with van der Waals surface area (Å²) in [5, 5.41) is 11.2. The SMILES string of the molecule is O=C(C(=O)c1ccccc1)C(C(=Nc1ccccc1)c1ccco1)=C(O)c1ccccc1. The van der Waals surface area contributed by atoms with Crippen LogP contribution in [0.3, 0.4) is 0 Å². The van der Waals surface area contributed by atoms with E-state index in [-0.39, 0.29) is 28.4 Å². The van der Waals surface area contributed by atoms with Gasteiger partial charge >= 0.3 is 0 Å². The van der Waals surface area contributed by atoms with Gasteiger partial charge in [-0.3, -0.25) is 9.59 Å². The quantitative estimate of drug-likeness (QED) is 0.134. The molecule has 0 saturated carbocycles. The number of aliphatic hydroxyl groups is 1. The van der Waals surface area contributed by atoms with E-state index in [0.29, 0.717) is 11.3 Å². The number of aliphatic imine (C=N–C) groups is 1. The van der Waals surface area contributed by atoms with Crippen LogP contribution in [0.1, 0.15) is 21.7 Å². The van der Waals surface area contributed by atoms with Gasteiger partial charge in [-0.1, -0.05) is 78.9 Å². The molecule has 0 aliphatic heterocycles. The summed E-state index contributed by atoms with van der Waals surface area (Å²) >= 11 is 0. The van der Waals surface area contributed by atoms with Gasteiger partial charge in [0.1, 0.15) is 11.5 Å². The number of ketones is 2. The van der Waals surface area contributed by atoms with Gasteiger partial charge in [0.2, 0.25) is 11.6 Å². The van der Waals surface area contributed by atoms with E-state index in [9.17, 15) is 14.7 Å². The minimum absolute atomic E-state index is 0.0665. The molecule has 4 aromatic rings. The van der Waals surface area contributed by atoms with Crippen molar-refractivity contribution < 1.29 is 19.1 Å². The molecule has 0 unspecified atom stereocenters. The maximum absolute atomic E-state index is 13.5. The Morgan fingerprint density at radius 1 is 0.688 bits per heavy atom. The van der Waals surface area contributed by atoms with Gasteiger partial charge in [0.05, 0.1) is 17.5 Å². The van der Waals surface area contributed by atoms with Gasteiger partial charge < -0.3 is 9.52 Å². The Bertz CT molecular complexity index is 1270. The second-order valence-corrected chi connectivity index (χ2v) is 6.89. The first-order valence-electron chi connectivity index (χ1n) is 9.96. The zero-order valence-corrected chi connectivity index (χ0v) is 17.0.